The number of thioether (sulfide) groups is 1. The van der Waals surface area contributed by atoms with Crippen molar-refractivity contribution < 1.29 is 0 Å². The van der Waals surface area contributed by atoms with E-state index in [0.29, 0.717) is 6.54 Å². The van der Waals surface area contributed by atoms with E-state index in [1.165, 1.54) is 0 Å². The van der Waals surface area contributed by atoms with Crippen LogP contribution < -0.4 is 0 Å². The van der Waals surface area contributed by atoms with E-state index in [9.17, 15) is 0 Å². The molecule has 1 aromatic heterocycles. The van der Waals surface area contributed by atoms with Gasteiger partial charge < -0.3 is 0 Å². The van der Waals surface area contributed by atoms with Gasteiger partial charge in [-0.15, -0.1) is 0 Å². The summed E-state index contributed by atoms with van der Waals surface area (Å²) in [6, 6.07) is 0. The topological polar surface area (TPSA) is 74.5 Å². The average Bonchev–Trinajstić information content (AvgIpc) is 2.21. The molecule has 0 radical (unpaired) electrons. The van der Waals surface area contributed by atoms with Crippen LogP contribution in [0.25, 0.3) is 10.4 Å². The first kappa shape index (κ1) is 10.8. The highest BCUT2D eigenvalue weighted by atomic mass is 32.2. The molecule has 0 bridgehead atoms. The molecule has 0 aliphatic rings. The molecule has 0 atom stereocenters. The Morgan fingerprint density at radius 3 is 2.86 bits per heavy atom. The Hall–Kier alpha value is -1.26. The summed E-state index contributed by atoms with van der Waals surface area (Å²) in [5, 5.41) is 4.22. The molecule has 1 rings (SSSR count). The number of aromatic nitrogens is 2. The van der Waals surface area contributed by atoms with Crippen molar-refractivity contribution in [3.63, 3.8) is 0 Å². The SMILES string of the molecule is Cc1cnc(SCCCN=[N+]=[N-])nc1. The summed E-state index contributed by atoms with van der Waals surface area (Å²) in [4.78, 5) is 11.0. The van der Waals surface area contributed by atoms with Crippen molar-refractivity contribution in [1.29, 1.82) is 0 Å². The second-order valence-electron chi connectivity index (χ2n) is 2.70. The van der Waals surface area contributed by atoms with Crippen LogP contribution in [0.4, 0.5) is 0 Å². The predicted octanol–water partition coefficient (Wildman–Crippen LogP) is 2.58. The molecule has 0 amide bonds. The molecule has 0 spiro atoms. The normalized spacial score (nSPS) is 9.50. The summed E-state index contributed by atoms with van der Waals surface area (Å²) >= 11 is 1.57. The van der Waals surface area contributed by atoms with Crippen molar-refractivity contribution in [3.8, 4) is 0 Å². The van der Waals surface area contributed by atoms with Crippen LogP contribution in [0.3, 0.4) is 0 Å². The van der Waals surface area contributed by atoms with Crippen molar-refractivity contribution in [2.45, 2.75) is 18.5 Å². The maximum Gasteiger partial charge on any atom is 0.187 e. The van der Waals surface area contributed by atoms with Gasteiger partial charge in [-0.2, -0.15) is 0 Å². The molecule has 0 saturated heterocycles. The van der Waals surface area contributed by atoms with Gasteiger partial charge in [-0.3, -0.25) is 0 Å². The minimum absolute atomic E-state index is 0.537. The fourth-order valence-corrected chi connectivity index (χ4v) is 1.51. The molecule has 6 heteroatoms. The standard InChI is InChI=1S/C8H11N5S/c1-7-5-10-8(11-6-7)14-4-2-3-12-13-9/h5-6H,2-4H2,1H3. The smallest absolute Gasteiger partial charge is 0.187 e. The number of hydrogen-bond acceptors (Lipinski definition) is 4. The maximum atomic E-state index is 8.04. The van der Waals surface area contributed by atoms with E-state index in [1.807, 2.05) is 6.92 Å². The second kappa shape index (κ2) is 6.23. The monoisotopic (exact) mass is 209 g/mol. The van der Waals surface area contributed by atoms with E-state index in [4.69, 9.17) is 5.53 Å². The third kappa shape index (κ3) is 4.11. The minimum atomic E-state index is 0.537. The van der Waals surface area contributed by atoms with Gasteiger partial charge in [0.25, 0.3) is 0 Å². The number of hydrogen-bond donors (Lipinski definition) is 0. The minimum Gasteiger partial charge on any atom is -0.231 e. The quantitative estimate of drug-likeness (QED) is 0.187. The second-order valence-corrected chi connectivity index (χ2v) is 3.76. The Bertz CT molecular complexity index is 317. The maximum absolute atomic E-state index is 8.04. The number of aryl methyl sites for hydroxylation is 1. The average molecular weight is 209 g/mol. The molecule has 5 nitrogen and oxygen atoms in total. The lowest BCUT2D eigenvalue weighted by Gasteiger charge is -1.97. The Balaban J connectivity index is 2.24. The Kier molecular flexibility index (Phi) is 4.82. The number of rotatable bonds is 5. The van der Waals surface area contributed by atoms with Crippen molar-refractivity contribution in [2.24, 2.45) is 5.11 Å². The van der Waals surface area contributed by atoms with Gasteiger partial charge in [0.1, 0.15) is 0 Å². The summed E-state index contributed by atoms with van der Waals surface area (Å²) in [6.07, 6.45) is 4.44. The number of azide groups is 1. The van der Waals surface area contributed by atoms with Crippen LogP contribution in [0.2, 0.25) is 0 Å². The highest BCUT2D eigenvalue weighted by Gasteiger charge is 1.95. The van der Waals surface area contributed by atoms with E-state index in [1.54, 1.807) is 24.2 Å². The molecule has 74 valence electrons. The summed E-state index contributed by atoms with van der Waals surface area (Å²) in [5.41, 5.74) is 9.10. The first-order chi connectivity index (χ1) is 6.83. The molecular formula is C8H11N5S. The van der Waals surface area contributed by atoms with Gasteiger partial charge in [0.15, 0.2) is 5.16 Å². The highest BCUT2D eigenvalue weighted by Crippen LogP contribution is 2.12. The lowest BCUT2D eigenvalue weighted by Crippen LogP contribution is -1.89. The van der Waals surface area contributed by atoms with Crippen LogP contribution in [0.1, 0.15) is 12.0 Å². The van der Waals surface area contributed by atoms with Crippen molar-refractivity contribution in [1.82, 2.24) is 9.97 Å². The first-order valence-corrected chi connectivity index (χ1v) is 5.24. The lowest BCUT2D eigenvalue weighted by molar-refractivity contribution is 0.914. The van der Waals surface area contributed by atoms with Crippen LogP contribution in [0.15, 0.2) is 22.7 Å². The fourth-order valence-electron chi connectivity index (χ4n) is 0.799. The van der Waals surface area contributed by atoms with Gasteiger partial charge in [-0.25, -0.2) is 9.97 Å². The van der Waals surface area contributed by atoms with Gasteiger partial charge in [0, 0.05) is 29.6 Å². The molecule has 0 fully saturated rings. The molecule has 1 aromatic rings. The summed E-state index contributed by atoms with van der Waals surface area (Å²) in [5.74, 6) is 0.877. The van der Waals surface area contributed by atoms with Crippen LogP contribution in [0, 0.1) is 6.92 Å². The predicted molar refractivity (Wildman–Crippen MR) is 56.1 cm³/mol. The molecule has 0 unspecified atom stereocenters. The van der Waals surface area contributed by atoms with Gasteiger partial charge in [0.2, 0.25) is 0 Å². The van der Waals surface area contributed by atoms with Crippen molar-refractivity contribution in [2.75, 3.05) is 12.3 Å². The molecule has 0 aromatic carbocycles. The van der Waals surface area contributed by atoms with Crippen LogP contribution in [-0.4, -0.2) is 22.3 Å². The molecule has 0 aliphatic carbocycles. The van der Waals surface area contributed by atoms with Crippen molar-refractivity contribution >= 4 is 11.8 Å². The number of nitrogens with zero attached hydrogens (tertiary/aromatic N) is 5. The van der Waals surface area contributed by atoms with E-state index in [-0.39, 0.29) is 0 Å². The van der Waals surface area contributed by atoms with Crippen molar-refractivity contribution in [3.05, 3.63) is 28.4 Å². The third-order valence-corrected chi connectivity index (χ3v) is 2.42. The third-order valence-electron chi connectivity index (χ3n) is 1.45. The Morgan fingerprint density at radius 1 is 1.50 bits per heavy atom. The molecule has 0 aliphatic heterocycles. The Labute approximate surface area is 86.6 Å². The van der Waals surface area contributed by atoms with E-state index in [0.717, 1.165) is 22.9 Å². The molecule has 14 heavy (non-hydrogen) atoms. The van der Waals surface area contributed by atoms with Gasteiger partial charge in [-0.05, 0) is 24.4 Å². The molecular weight excluding hydrogens is 198 g/mol. The fraction of sp³-hybridized carbons (Fsp3) is 0.500. The zero-order valence-electron chi connectivity index (χ0n) is 7.92. The lowest BCUT2D eigenvalue weighted by atomic mass is 10.4. The van der Waals surface area contributed by atoms with Crippen LogP contribution >= 0.6 is 11.8 Å². The summed E-state index contributed by atoms with van der Waals surface area (Å²) in [6.45, 7) is 2.49. The van der Waals surface area contributed by atoms with E-state index >= 15 is 0 Å². The van der Waals surface area contributed by atoms with E-state index < -0.39 is 0 Å². The highest BCUT2D eigenvalue weighted by molar-refractivity contribution is 7.99. The van der Waals surface area contributed by atoms with E-state index in [2.05, 4.69) is 20.0 Å². The Morgan fingerprint density at radius 2 is 2.21 bits per heavy atom. The molecule has 0 N–H and O–H groups in total. The zero-order valence-corrected chi connectivity index (χ0v) is 8.74. The largest absolute Gasteiger partial charge is 0.231 e. The van der Waals surface area contributed by atoms with Gasteiger partial charge >= 0.3 is 0 Å². The molecule has 1 heterocycles. The summed E-state index contributed by atoms with van der Waals surface area (Å²) < 4.78 is 0. The van der Waals surface area contributed by atoms with Crippen LogP contribution in [-0.2, 0) is 0 Å². The van der Waals surface area contributed by atoms with Gasteiger partial charge in [0.05, 0.1) is 0 Å². The first-order valence-electron chi connectivity index (χ1n) is 4.25. The van der Waals surface area contributed by atoms with Crippen LogP contribution in [0.5, 0.6) is 0 Å². The zero-order chi connectivity index (χ0) is 10.2. The molecule has 0 saturated carbocycles. The van der Waals surface area contributed by atoms with Gasteiger partial charge in [-0.1, -0.05) is 16.9 Å². The summed E-state index contributed by atoms with van der Waals surface area (Å²) in [7, 11) is 0.